The zero-order valence-electron chi connectivity index (χ0n) is 19.5. The Bertz CT molecular complexity index is 1380. The van der Waals surface area contributed by atoms with Gasteiger partial charge in [-0.15, -0.1) is 0 Å². The Balaban J connectivity index is 1.55. The first-order valence-electron chi connectivity index (χ1n) is 11.5. The summed E-state index contributed by atoms with van der Waals surface area (Å²) in [4.78, 5) is 19.7. The van der Waals surface area contributed by atoms with E-state index in [9.17, 15) is 4.79 Å². The lowest BCUT2D eigenvalue weighted by atomic mass is 9.94. The minimum absolute atomic E-state index is 0.151. The van der Waals surface area contributed by atoms with Crippen molar-refractivity contribution in [1.82, 2.24) is 20.4 Å². The number of nitrogens with zero attached hydrogens (tertiary/aromatic N) is 3. The third kappa shape index (κ3) is 4.84. The van der Waals surface area contributed by atoms with Crippen molar-refractivity contribution in [3.63, 3.8) is 0 Å². The zero-order chi connectivity index (χ0) is 24.4. The highest BCUT2D eigenvalue weighted by atomic mass is 35.5. The van der Waals surface area contributed by atoms with E-state index in [0.29, 0.717) is 23.3 Å². The number of nitrogens with one attached hydrogen (secondary N) is 1. The van der Waals surface area contributed by atoms with E-state index in [1.165, 1.54) is 0 Å². The number of rotatable bonds is 6. The maximum atomic E-state index is 13.2. The van der Waals surface area contributed by atoms with E-state index in [4.69, 9.17) is 21.1 Å². The van der Waals surface area contributed by atoms with Crippen LogP contribution >= 0.6 is 11.6 Å². The Morgan fingerprint density at radius 3 is 2.51 bits per heavy atom. The number of halogens is 1. The highest BCUT2D eigenvalue weighted by Gasteiger charge is 2.35. The van der Waals surface area contributed by atoms with E-state index in [-0.39, 0.29) is 6.03 Å². The summed E-state index contributed by atoms with van der Waals surface area (Å²) in [6.45, 7) is 4.50. The zero-order valence-corrected chi connectivity index (χ0v) is 20.3. The van der Waals surface area contributed by atoms with Gasteiger partial charge in [-0.2, -0.15) is 4.98 Å². The van der Waals surface area contributed by atoms with E-state index in [1.807, 2.05) is 68.4 Å². The number of carbonyl (C=O) groups is 1. The van der Waals surface area contributed by atoms with Crippen LogP contribution in [-0.2, 0) is 6.42 Å². The number of benzene rings is 3. The molecule has 0 spiro atoms. The third-order valence-corrected chi connectivity index (χ3v) is 6.45. The summed E-state index contributed by atoms with van der Waals surface area (Å²) >= 11 is 6.16. The van der Waals surface area contributed by atoms with Crippen LogP contribution in [0.4, 0.5) is 4.79 Å². The molecule has 0 saturated heterocycles. The monoisotopic (exact) mass is 484 g/mol. The number of urea groups is 1. The number of carbonyl (C=O) groups excluding carboxylic acids is 1. The Morgan fingerprint density at radius 1 is 1.00 bits per heavy atom. The van der Waals surface area contributed by atoms with Gasteiger partial charge < -0.3 is 9.84 Å². The van der Waals surface area contributed by atoms with Crippen molar-refractivity contribution in [2.45, 2.75) is 26.3 Å². The Labute approximate surface area is 209 Å². The number of hydrogen-bond acceptors (Lipinski definition) is 4. The van der Waals surface area contributed by atoms with Gasteiger partial charge in [0.25, 0.3) is 5.89 Å². The summed E-state index contributed by atoms with van der Waals surface area (Å²) in [5.74, 6) is 0.811. The number of aryl methyl sites for hydroxylation is 1. The van der Waals surface area contributed by atoms with Gasteiger partial charge in [-0.05, 0) is 43.5 Å². The fourth-order valence-electron chi connectivity index (χ4n) is 4.30. The van der Waals surface area contributed by atoms with Crippen molar-refractivity contribution < 1.29 is 9.32 Å². The van der Waals surface area contributed by atoms with Crippen molar-refractivity contribution in [3.05, 3.63) is 112 Å². The topological polar surface area (TPSA) is 71.3 Å². The number of hydrogen-bond donors (Lipinski definition) is 1. The Morgan fingerprint density at radius 2 is 1.77 bits per heavy atom. The van der Waals surface area contributed by atoms with Gasteiger partial charge in [0.15, 0.2) is 0 Å². The van der Waals surface area contributed by atoms with Crippen LogP contribution in [0.3, 0.4) is 0 Å². The van der Waals surface area contributed by atoms with Crippen LogP contribution in [0.2, 0.25) is 5.02 Å². The maximum absolute atomic E-state index is 13.2. The predicted octanol–water partition coefficient (Wildman–Crippen LogP) is 6.44. The first kappa shape index (κ1) is 22.9. The normalized spacial score (nSPS) is 15.9. The Kier molecular flexibility index (Phi) is 6.38. The predicted molar refractivity (Wildman–Crippen MR) is 137 cm³/mol. The lowest BCUT2D eigenvalue weighted by molar-refractivity contribution is 0.205. The summed E-state index contributed by atoms with van der Waals surface area (Å²) in [6, 6.07) is 25.0. The van der Waals surface area contributed by atoms with Crippen LogP contribution in [0.15, 0.2) is 89.1 Å². The molecule has 4 aromatic rings. The minimum atomic E-state index is -0.413. The van der Waals surface area contributed by atoms with E-state index in [1.54, 1.807) is 17.0 Å². The molecular formula is C28H25ClN4O2. The van der Waals surface area contributed by atoms with Gasteiger partial charge in [-0.25, -0.2) is 4.79 Å². The van der Waals surface area contributed by atoms with Gasteiger partial charge in [-0.1, -0.05) is 89.1 Å². The smallest absolute Gasteiger partial charge is 0.322 e. The molecule has 0 bridgehead atoms. The summed E-state index contributed by atoms with van der Waals surface area (Å²) in [5.41, 5.74) is 5.58. The van der Waals surface area contributed by atoms with Gasteiger partial charge in [0.2, 0.25) is 5.82 Å². The van der Waals surface area contributed by atoms with Gasteiger partial charge in [0.05, 0.1) is 11.6 Å². The van der Waals surface area contributed by atoms with Crippen molar-refractivity contribution in [1.29, 1.82) is 0 Å². The standard InChI is InChI=1S/C28H25ClN4O2/c1-18-11-13-21(14-12-18)25-24(27-31-26(32-35-27)22-9-6-10-23(29)17-22)19(2)33(28(34)30-25)16-15-20-7-4-3-5-8-20/h3-14,17,25H,15-16H2,1-2H3,(H,30,34). The van der Waals surface area contributed by atoms with Gasteiger partial charge in [0.1, 0.15) is 0 Å². The fourth-order valence-corrected chi connectivity index (χ4v) is 4.49. The molecule has 2 amide bonds. The van der Waals surface area contributed by atoms with Crippen molar-refractivity contribution in [2.75, 3.05) is 6.54 Å². The molecule has 1 N–H and O–H groups in total. The highest BCUT2D eigenvalue weighted by Crippen LogP contribution is 2.37. The molecule has 1 unspecified atom stereocenters. The van der Waals surface area contributed by atoms with Crippen molar-refractivity contribution >= 4 is 23.2 Å². The van der Waals surface area contributed by atoms with Crippen LogP contribution in [0.25, 0.3) is 17.0 Å². The third-order valence-electron chi connectivity index (χ3n) is 6.21. The molecule has 0 saturated carbocycles. The molecule has 1 aromatic heterocycles. The molecule has 6 nitrogen and oxygen atoms in total. The molecule has 3 aromatic carbocycles. The molecule has 0 aliphatic carbocycles. The lowest BCUT2D eigenvalue weighted by Gasteiger charge is -2.35. The molecule has 0 fully saturated rings. The lowest BCUT2D eigenvalue weighted by Crippen LogP contribution is -2.46. The average Bonchev–Trinajstić information content (AvgIpc) is 3.34. The number of aromatic nitrogens is 2. The maximum Gasteiger partial charge on any atom is 0.322 e. The van der Waals surface area contributed by atoms with Crippen LogP contribution in [-0.4, -0.2) is 27.6 Å². The highest BCUT2D eigenvalue weighted by molar-refractivity contribution is 6.30. The van der Waals surface area contributed by atoms with Gasteiger partial charge in [-0.3, -0.25) is 4.90 Å². The first-order valence-corrected chi connectivity index (χ1v) is 11.9. The molecule has 0 radical (unpaired) electrons. The summed E-state index contributed by atoms with van der Waals surface area (Å²) in [5, 5.41) is 7.96. The second-order valence-electron chi connectivity index (χ2n) is 8.61. The second-order valence-corrected chi connectivity index (χ2v) is 9.05. The molecule has 5 rings (SSSR count). The van der Waals surface area contributed by atoms with Crippen LogP contribution in [0.1, 0.15) is 35.5 Å². The molecule has 1 aliphatic rings. The number of amides is 2. The fraction of sp³-hybridized carbons (Fsp3) is 0.179. The number of allylic oxidation sites excluding steroid dienone is 1. The summed E-state index contributed by atoms with van der Waals surface area (Å²) in [7, 11) is 0. The van der Waals surface area contributed by atoms with E-state index in [2.05, 4.69) is 22.6 Å². The van der Waals surface area contributed by atoms with Gasteiger partial charge >= 0.3 is 6.03 Å². The SMILES string of the molecule is CC1=C(c2nc(-c3cccc(Cl)c3)no2)C(c2ccc(C)cc2)NC(=O)N1CCc1ccccc1. The molecule has 2 heterocycles. The minimum Gasteiger partial charge on any atom is -0.334 e. The molecule has 176 valence electrons. The quantitative estimate of drug-likeness (QED) is 0.342. The molecule has 7 heteroatoms. The van der Waals surface area contributed by atoms with Gasteiger partial charge in [0, 0.05) is 22.8 Å². The first-order chi connectivity index (χ1) is 17.0. The average molecular weight is 485 g/mol. The largest absolute Gasteiger partial charge is 0.334 e. The van der Waals surface area contributed by atoms with Crippen LogP contribution in [0, 0.1) is 6.92 Å². The summed E-state index contributed by atoms with van der Waals surface area (Å²) < 4.78 is 5.75. The van der Waals surface area contributed by atoms with Crippen LogP contribution in [0.5, 0.6) is 0 Å². The molecule has 1 atom stereocenters. The van der Waals surface area contributed by atoms with Crippen molar-refractivity contribution in [2.24, 2.45) is 0 Å². The second kappa shape index (κ2) is 9.76. The summed E-state index contributed by atoms with van der Waals surface area (Å²) in [6.07, 6.45) is 0.728. The Hall–Kier alpha value is -3.90. The van der Waals surface area contributed by atoms with E-state index in [0.717, 1.165) is 39.9 Å². The van der Waals surface area contributed by atoms with E-state index >= 15 is 0 Å². The molecule has 35 heavy (non-hydrogen) atoms. The van der Waals surface area contributed by atoms with Crippen molar-refractivity contribution in [3.8, 4) is 11.4 Å². The molecule has 1 aliphatic heterocycles. The molecular weight excluding hydrogens is 460 g/mol. The van der Waals surface area contributed by atoms with Crippen LogP contribution < -0.4 is 5.32 Å². The van der Waals surface area contributed by atoms with E-state index < -0.39 is 6.04 Å².